The van der Waals surface area contributed by atoms with E-state index < -0.39 is 5.54 Å². The largest absolute Gasteiger partial charge is 0.372 e. The number of hydrogen-bond donors (Lipinski definition) is 2. The molecule has 0 saturated heterocycles. The van der Waals surface area contributed by atoms with Gasteiger partial charge in [-0.2, -0.15) is 0 Å². The van der Waals surface area contributed by atoms with Gasteiger partial charge in [-0.15, -0.1) is 0 Å². The first kappa shape index (κ1) is 15.5. The molecule has 19 heavy (non-hydrogen) atoms. The first-order chi connectivity index (χ1) is 8.94. The predicted molar refractivity (Wildman–Crippen MR) is 81.5 cm³/mol. The van der Waals surface area contributed by atoms with Crippen LogP contribution in [0.5, 0.6) is 0 Å². The lowest BCUT2D eigenvalue weighted by Crippen LogP contribution is -2.47. The Bertz CT molecular complexity index is 408. The van der Waals surface area contributed by atoms with Crippen LogP contribution in [-0.2, 0) is 4.79 Å². The van der Waals surface area contributed by atoms with Crippen LogP contribution in [0.15, 0.2) is 24.3 Å². The van der Waals surface area contributed by atoms with E-state index in [-0.39, 0.29) is 5.91 Å². The van der Waals surface area contributed by atoms with Crippen LogP contribution in [0.4, 0.5) is 11.4 Å². The molecule has 0 aliphatic carbocycles. The van der Waals surface area contributed by atoms with Gasteiger partial charge in [-0.05, 0) is 51.5 Å². The number of carbonyl (C=O) groups is 1. The Morgan fingerprint density at radius 1 is 1.21 bits per heavy atom. The molecule has 1 rings (SSSR count). The number of nitrogens with two attached hydrogens (primary N) is 1. The van der Waals surface area contributed by atoms with Gasteiger partial charge in [0.15, 0.2) is 0 Å². The van der Waals surface area contributed by atoms with Crippen LogP contribution >= 0.6 is 0 Å². The second-order valence-corrected chi connectivity index (χ2v) is 4.94. The number of hydrogen-bond acceptors (Lipinski definition) is 3. The Balaban J connectivity index is 2.75. The molecule has 3 N–H and O–H groups in total. The number of anilines is 2. The fraction of sp³-hybridized carbons (Fsp3) is 0.533. The van der Waals surface area contributed by atoms with Gasteiger partial charge in [0.2, 0.25) is 5.91 Å². The summed E-state index contributed by atoms with van der Waals surface area (Å²) in [7, 11) is 0. The van der Waals surface area contributed by atoms with Crippen LogP contribution in [0.1, 0.15) is 34.1 Å². The highest BCUT2D eigenvalue weighted by atomic mass is 16.2. The maximum atomic E-state index is 11.9. The molecule has 1 aromatic carbocycles. The van der Waals surface area contributed by atoms with Crippen molar-refractivity contribution in [3.8, 4) is 0 Å². The van der Waals surface area contributed by atoms with E-state index in [2.05, 4.69) is 24.1 Å². The topological polar surface area (TPSA) is 58.4 Å². The number of rotatable bonds is 6. The van der Waals surface area contributed by atoms with E-state index >= 15 is 0 Å². The van der Waals surface area contributed by atoms with Crippen LogP contribution in [-0.4, -0.2) is 24.5 Å². The number of benzene rings is 1. The van der Waals surface area contributed by atoms with Crippen molar-refractivity contribution in [3.63, 3.8) is 0 Å². The molecule has 106 valence electrons. The standard InChI is InChI=1S/C15H25N3O/c1-5-15(4,16)14(19)17-12-8-10-13(11-9-12)18(6-2)7-3/h8-11H,5-7,16H2,1-4H3,(H,17,19). The van der Waals surface area contributed by atoms with Gasteiger partial charge in [0.05, 0.1) is 5.54 Å². The Morgan fingerprint density at radius 2 is 1.74 bits per heavy atom. The summed E-state index contributed by atoms with van der Waals surface area (Å²) in [6.45, 7) is 9.84. The van der Waals surface area contributed by atoms with Crippen LogP contribution in [0.3, 0.4) is 0 Å². The summed E-state index contributed by atoms with van der Waals surface area (Å²) in [4.78, 5) is 14.2. The third kappa shape index (κ3) is 3.96. The highest BCUT2D eigenvalue weighted by Gasteiger charge is 2.25. The first-order valence-electron chi connectivity index (χ1n) is 6.90. The number of nitrogens with one attached hydrogen (secondary N) is 1. The lowest BCUT2D eigenvalue weighted by molar-refractivity contribution is -0.120. The predicted octanol–water partition coefficient (Wildman–Crippen LogP) is 2.60. The lowest BCUT2D eigenvalue weighted by atomic mass is 9.99. The second-order valence-electron chi connectivity index (χ2n) is 4.94. The summed E-state index contributed by atoms with van der Waals surface area (Å²) < 4.78 is 0. The molecule has 0 saturated carbocycles. The smallest absolute Gasteiger partial charge is 0.244 e. The van der Waals surface area contributed by atoms with E-state index in [0.717, 1.165) is 24.5 Å². The fourth-order valence-corrected chi connectivity index (χ4v) is 1.78. The Labute approximate surface area is 116 Å². The quantitative estimate of drug-likeness (QED) is 0.829. The molecular formula is C15H25N3O. The van der Waals surface area contributed by atoms with Crippen molar-refractivity contribution in [3.05, 3.63) is 24.3 Å². The van der Waals surface area contributed by atoms with Gasteiger partial charge in [0, 0.05) is 24.5 Å². The fourth-order valence-electron chi connectivity index (χ4n) is 1.78. The van der Waals surface area contributed by atoms with E-state index in [4.69, 9.17) is 5.73 Å². The Hall–Kier alpha value is -1.55. The van der Waals surface area contributed by atoms with E-state index in [0.29, 0.717) is 6.42 Å². The summed E-state index contributed by atoms with van der Waals surface area (Å²) in [6, 6.07) is 7.86. The van der Waals surface area contributed by atoms with Gasteiger partial charge in [0.25, 0.3) is 0 Å². The molecule has 0 heterocycles. The highest BCUT2D eigenvalue weighted by Crippen LogP contribution is 2.18. The van der Waals surface area contributed by atoms with Crippen LogP contribution in [0.25, 0.3) is 0 Å². The maximum Gasteiger partial charge on any atom is 0.244 e. The van der Waals surface area contributed by atoms with Crippen molar-refractivity contribution >= 4 is 17.3 Å². The lowest BCUT2D eigenvalue weighted by Gasteiger charge is -2.23. The molecule has 0 radical (unpaired) electrons. The summed E-state index contributed by atoms with van der Waals surface area (Å²) in [5.74, 6) is -0.148. The van der Waals surface area contributed by atoms with Gasteiger partial charge in [-0.25, -0.2) is 0 Å². The molecule has 0 aliphatic heterocycles. The average Bonchev–Trinajstić information content (AvgIpc) is 2.42. The van der Waals surface area contributed by atoms with Crippen LogP contribution in [0, 0.1) is 0 Å². The summed E-state index contributed by atoms with van der Waals surface area (Å²) in [6.07, 6.45) is 0.608. The average molecular weight is 263 g/mol. The second kappa shape index (κ2) is 6.57. The molecule has 1 atom stereocenters. The van der Waals surface area contributed by atoms with Crippen molar-refractivity contribution in [2.45, 2.75) is 39.7 Å². The van der Waals surface area contributed by atoms with Crippen molar-refractivity contribution in [1.82, 2.24) is 0 Å². The SMILES string of the molecule is CCN(CC)c1ccc(NC(=O)C(C)(N)CC)cc1. The van der Waals surface area contributed by atoms with Gasteiger partial charge in [-0.3, -0.25) is 4.79 Å². The third-order valence-electron chi connectivity index (χ3n) is 3.51. The number of carbonyl (C=O) groups excluding carboxylic acids is 1. The minimum Gasteiger partial charge on any atom is -0.372 e. The van der Waals surface area contributed by atoms with Gasteiger partial charge in [0.1, 0.15) is 0 Å². The Morgan fingerprint density at radius 3 is 2.16 bits per heavy atom. The van der Waals surface area contributed by atoms with Crippen molar-refractivity contribution in [1.29, 1.82) is 0 Å². The molecule has 1 aromatic rings. The van der Waals surface area contributed by atoms with Gasteiger partial charge in [-0.1, -0.05) is 6.92 Å². The zero-order valence-electron chi connectivity index (χ0n) is 12.4. The molecule has 0 fully saturated rings. The summed E-state index contributed by atoms with van der Waals surface area (Å²) >= 11 is 0. The third-order valence-corrected chi connectivity index (χ3v) is 3.51. The molecule has 0 aliphatic rings. The van der Waals surface area contributed by atoms with Crippen molar-refractivity contribution in [2.24, 2.45) is 5.73 Å². The zero-order chi connectivity index (χ0) is 14.5. The van der Waals surface area contributed by atoms with Crippen LogP contribution in [0.2, 0.25) is 0 Å². The van der Waals surface area contributed by atoms with E-state index in [9.17, 15) is 4.79 Å². The van der Waals surface area contributed by atoms with E-state index in [1.165, 1.54) is 0 Å². The van der Waals surface area contributed by atoms with Crippen LogP contribution < -0.4 is 16.0 Å². The number of nitrogens with zero attached hydrogens (tertiary/aromatic N) is 1. The molecule has 1 unspecified atom stereocenters. The van der Waals surface area contributed by atoms with Gasteiger partial charge < -0.3 is 16.0 Å². The van der Waals surface area contributed by atoms with E-state index in [1.54, 1.807) is 6.92 Å². The molecule has 0 bridgehead atoms. The molecule has 4 heteroatoms. The Kier molecular flexibility index (Phi) is 5.36. The molecular weight excluding hydrogens is 238 g/mol. The molecule has 4 nitrogen and oxygen atoms in total. The van der Waals surface area contributed by atoms with Crippen molar-refractivity contribution < 1.29 is 4.79 Å². The summed E-state index contributed by atoms with van der Waals surface area (Å²) in [5.41, 5.74) is 7.03. The summed E-state index contributed by atoms with van der Waals surface area (Å²) in [5, 5.41) is 2.85. The first-order valence-corrected chi connectivity index (χ1v) is 6.90. The zero-order valence-corrected chi connectivity index (χ0v) is 12.4. The highest BCUT2D eigenvalue weighted by molar-refractivity contribution is 5.97. The minimum absolute atomic E-state index is 0.148. The molecule has 1 amide bonds. The monoisotopic (exact) mass is 263 g/mol. The maximum absolute atomic E-state index is 11.9. The molecule has 0 aromatic heterocycles. The van der Waals surface area contributed by atoms with Crippen molar-refractivity contribution in [2.75, 3.05) is 23.3 Å². The number of amides is 1. The van der Waals surface area contributed by atoms with E-state index in [1.807, 2.05) is 31.2 Å². The minimum atomic E-state index is -0.822. The normalized spacial score (nSPS) is 13.7. The molecule has 0 spiro atoms. The van der Waals surface area contributed by atoms with Gasteiger partial charge >= 0.3 is 0 Å².